The van der Waals surface area contributed by atoms with Crippen LogP contribution in [-0.4, -0.2) is 35.9 Å². The SMILES string of the molecule is CCC(CSC)N(C)C(=O)C(C)(C)C#N. The first-order chi connectivity index (χ1) is 6.90. The third-order valence-corrected chi connectivity index (χ3v) is 3.23. The van der Waals surface area contributed by atoms with Crippen molar-refractivity contribution in [3.05, 3.63) is 0 Å². The molecule has 86 valence electrons. The molecule has 0 aromatic heterocycles. The molecular formula is C11H20N2OS. The zero-order valence-corrected chi connectivity index (χ0v) is 11.0. The molecule has 0 rings (SSSR count). The maximum atomic E-state index is 12.0. The minimum atomic E-state index is -0.916. The van der Waals surface area contributed by atoms with Crippen LogP contribution in [0.4, 0.5) is 0 Å². The zero-order valence-electron chi connectivity index (χ0n) is 10.2. The van der Waals surface area contributed by atoms with Crippen molar-refractivity contribution in [3.8, 4) is 6.07 Å². The van der Waals surface area contributed by atoms with Crippen LogP contribution in [0.3, 0.4) is 0 Å². The van der Waals surface area contributed by atoms with Gasteiger partial charge in [-0.05, 0) is 26.5 Å². The highest BCUT2D eigenvalue weighted by Crippen LogP contribution is 2.20. The summed E-state index contributed by atoms with van der Waals surface area (Å²) in [5.41, 5.74) is -0.916. The van der Waals surface area contributed by atoms with E-state index in [0.717, 1.165) is 12.2 Å². The quantitative estimate of drug-likeness (QED) is 0.724. The molecule has 0 aliphatic rings. The van der Waals surface area contributed by atoms with Gasteiger partial charge in [-0.2, -0.15) is 17.0 Å². The number of amides is 1. The Balaban J connectivity index is 4.63. The predicted molar refractivity (Wildman–Crippen MR) is 64.6 cm³/mol. The van der Waals surface area contributed by atoms with E-state index in [1.807, 2.05) is 12.3 Å². The summed E-state index contributed by atoms with van der Waals surface area (Å²) in [5.74, 6) is 0.825. The molecule has 4 heteroatoms. The van der Waals surface area contributed by atoms with Crippen LogP contribution in [-0.2, 0) is 4.79 Å². The van der Waals surface area contributed by atoms with Gasteiger partial charge < -0.3 is 4.90 Å². The second-order valence-corrected chi connectivity index (χ2v) is 5.08. The molecule has 0 heterocycles. The summed E-state index contributed by atoms with van der Waals surface area (Å²) >= 11 is 1.72. The first-order valence-corrected chi connectivity index (χ1v) is 6.47. The molecule has 0 saturated carbocycles. The molecule has 0 N–H and O–H groups in total. The number of carbonyl (C=O) groups is 1. The summed E-state index contributed by atoms with van der Waals surface area (Å²) in [6, 6.07) is 2.27. The summed E-state index contributed by atoms with van der Waals surface area (Å²) in [5, 5.41) is 8.90. The third-order valence-electron chi connectivity index (χ3n) is 2.51. The van der Waals surface area contributed by atoms with Gasteiger partial charge in [0.1, 0.15) is 5.41 Å². The Labute approximate surface area is 96.8 Å². The van der Waals surface area contributed by atoms with Crippen LogP contribution in [0, 0.1) is 16.7 Å². The van der Waals surface area contributed by atoms with E-state index in [-0.39, 0.29) is 11.9 Å². The predicted octanol–water partition coefficient (Wildman–Crippen LogP) is 2.14. The normalized spacial score (nSPS) is 13.1. The van der Waals surface area contributed by atoms with Gasteiger partial charge in [-0.25, -0.2) is 0 Å². The molecule has 0 bridgehead atoms. The highest BCUT2D eigenvalue weighted by molar-refractivity contribution is 7.98. The summed E-state index contributed by atoms with van der Waals surface area (Å²) in [7, 11) is 1.78. The lowest BCUT2D eigenvalue weighted by atomic mass is 9.93. The summed E-state index contributed by atoms with van der Waals surface area (Å²) in [6.07, 6.45) is 2.95. The van der Waals surface area contributed by atoms with Crippen molar-refractivity contribution in [2.24, 2.45) is 5.41 Å². The topological polar surface area (TPSA) is 44.1 Å². The monoisotopic (exact) mass is 228 g/mol. The lowest BCUT2D eigenvalue weighted by molar-refractivity contribution is -0.138. The van der Waals surface area contributed by atoms with Crippen LogP contribution in [0.25, 0.3) is 0 Å². The van der Waals surface area contributed by atoms with Crippen molar-refractivity contribution < 1.29 is 4.79 Å². The van der Waals surface area contributed by atoms with Crippen LogP contribution in [0.2, 0.25) is 0 Å². The molecule has 0 saturated heterocycles. The van der Waals surface area contributed by atoms with Gasteiger partial charge in [0.2, 0.25) is 5.91 Å². The van der Waals surface area contributed by atoms with E-state index in [9.17, 15) is 4.79 Å². The smallest absolute Gasteiger partial charge is 0.242 e. The number of nitriles is 1. The van der Waals surface area contributed by atoms with E-state index < -0.39 is 5.41 Å². The minimum Gasteiger partial charge on any atom is -0.341 e. The van der Waals surface area contributed by atoms with Gasteiger partial charge in [0.25, 0.3) is 0 Å². The van der Waals surface area contributed by atoms with E-state index in [1.165, 1.54) is 0 Å². The summed E-state index contributed by atoms with van der Waals surface area (Å²) in [6.45, 7) is 5.39. The molecule has 0 aromatic carbocycles. The van der Waals surface area contributed by atoms with E-state index in [0.29, 0.717) is 0 Å². The molecule has 3 nitrogen and oxygen atoms in total. The minimum absolute atomic E-state index is 0.0918. The van der Waals surface area contributed by atoms with Crippen LogP contribution in [0.1, 0.15) is 27.2 Å². The zero-order chi connectivity index (χ0) is 12.1. The fraction of sp³-hybridized carbons (Fsp3) is 0.818. The fourth-order valence-electron chi connectivity index (χ4n) is 1.35. The van der Waals surface area contributed by atoms with Gasteiger partial charge in [-0.15, -0.1) is 0 Å². The maximum absolute atomic E-state index is 12.0. The van der Waals surface area contributed by atoms with E-state index in [2.05, 4.69) is 6.92 Å². The van der Waals surface area contributed by atoms with Crippen LogP contribution < -0.4 is 0 Å². The highest BCUT2D eigenvalue weighted by atomic mass is 32.2. The van der Waals surface area contributed by atoms with E-state index in [1.54, 1.807) is 37.6 Å². The molecule has 1 unspecified atom stereocenters. The van der Waals surface area contributed by atoms with E-state index >= 15 is 0 Å². The van der Waals surface area contributed by atoms with Crippen molar-refractivity contribution in [3.63, 3.8) is 0 Å². The Kier molecular flexibility index (Phi) is 5.74. The van der Waals surface area contributed by atoms with Crippen LogP contribution in [0.15, 0.2) is 0 Å². The van der Waals surface area contributed by atoms with Crippen molar-refractivity contribution >= 4 is 17.7 Å². The number of nitrogens with zero attached hydrogens (tertiary/aromatic N) is 2. The second-order valence-electron chi connectivity index (χ2n) is 4.17. The second kappa shape index (κ2) is 6.02. The molecule has 0 aliphatic carbocycles. The number of carbonyl (C=O) groups excluding carboxylic acids is 1. The van der Waals surface area contributed by atoms with Crippen molar-refractivity contribution in [1.29, 1.82) is 5.26 Å². The van der Waals surface area contributed by atoms with Crippen molar-refractivity contribution in [2.75, 3.05) is 19.1 Å². The number of rotatable bonds is 5. The summed E-state index contributed by atoms with van der Waals surface area (Å²) < 4.78 is 0. The Bertz CT molecular complexity index is 258. The van der Waals surface area contributed by atoms with Gasteiger partial charge >= 0.3 is 0 Å². The van der Waals surface area contributed by atoms with Gasteiger partial charge in [0.15, 0.2) is 0 Å². The molecule has 0 fully saturated rings. The molecular weight excluding hydrogens is 208 g/mol. The fourth-order valence-corrected chi connectivity index (χ4v) is 2.19. The standard InChI is InChI=1S/C11H20N2OS/c1-6-9(7-15-5)13(4)10(14)11(2,3)8-12/h9H,6-7H2,1-5H3. The average Bonchev–Trinajstić information content (AvgIpc) is 2.23. The Morgan fingerprint density at radius 1 is 1.60 bits per heavy atom. The maximum Gasteiger partial charge on any atom is 0.242 e. The Hall–Kier alpha value is -0.690. The Morgan fingerprint density at radius 3 is 2.47 bits per heavy atom. The van der Waals surface area contributed by atoms with Crippen LogP contribution in [0.5, 0.6) is 0 Å². The van der Waals surface area contributed by atoms with E-state index in [4.69, 9.17) is 5.26 Å². The first-order valence-electron chi connectivity index (χ1n) is 5.08. The Morgan fingerprint density at radius 2 is 2.13 bits per heavy atom. The van der Waals surface area contributed by atoms with Crippen LogP contribution >= 0.6 is 11.8 Å². The molecule has 0 spiro atoms. The lowest BCUT2D eigenvalue weighted by Crippen LogP contribution is -2.44. The van der Waals surface area contributed by atoms with Gasteiger partial charge in [-0.1, -0.05) is 6.92 Å². The largest absolute Gasteiger partial charge is 0.341 e. The van der Waals surface area contributed by atoms with Gasteiger partial charge in [-0.3, -0.25) is 4.79 Å². The van der Waals surface area contributed by atoms with Gasteiger partial charge in [0, 0.05) is 18.8 Å². The molecule has 1 atom stereocenters. The number of thioether (sulfide) groups is 1. The highest BCUT2D eigenvalue weighted by Gasteiger charge is 2.32. The molecule has 0 aliphatic heterocycles. The molecule has 1 amide bonds. The molecule has 0 radical (unpaired) electrons. The summed E-state index contributed by atoms with van der Waals surface area (Å²) in [4.78, 5) is 13.7. The van der Waals surface area contributed by atoms with Gasteiger partial charge in [0.05, 0.1) is 6.07 Å². The first kappa shape index (κ1) is 14.3. The van der Waals surface area contributed by atoms with Crippen molar-refractivity contribution in [1.82, 2.24) is 4.90 Å². The molecule has 0 aromatic rings. The average molecular weight is 228 g/mol. The number of hydrogen-bond donors (Lipinski definition) is 0. The third kappa shape index (κ3) is 3.75. The van der Waals surface area contributed by atoms with Crippen molar-refractivity contribution in [2.45, 2.75) is 33.2 Å². The lowest BCUT2D eigenvalue weighted by Gasteiger charge is -2.30. The molecule has 15 heavy (non-hydrogen) atoms. The number of hydrogen-bond acceptors (Lipinski definition) is 3.